The highest BCUT2D eigenvalue weighted by Gasteiger charge is 2.33. The van der Waals surface area contributed by atoms with Gasteiger partial charge in [-0.1, -0.05) is 29.4 Å². The molecule has 0 fully saturated rings. The predicted molar refractivity (Wildman–Crippen MR) is 134 cm³/mol. The molecule has 36 heavy (non-hydrogen) atoms. The number of pyridine rings is 1. The summed E-state index contributed by atoms with van der Waals surface area (Å²) < 4.78 is 75.4. The van der Waals surface area contributed by atoms with E-state index in [-0.39, 0.29) is 17.7 Å². The quantitative estimate of drug-likeness (QED) is 0.148. The van der Waals surface area contributed by atoms with Crippen LogP contribution in [-0.4, -0.2) is 19.4 Å². The highest BCUT2D eigenvalue weighted by molar-refractivity contribution is 9.10. The molecule has 11 heteroatoms. The fourth-order valence-electron chi connectivity index (χ4n) is 3.64. The molecule has 2 unspecified atom stereocenters. The fraction of sp³-hybridized carbons (Fsp3) is 0.280. The Balaban J connectivity index is 1.82. The molecule has 0 saturated carbocycles. The number of nitrogens with zero attached hydrogens (tertiary/aromatic N) is 2. The molecule has 2 heterocycles. The van der Waals surface area contributed by atoms with Gasteiger partial charge in [0, 0.05) is 28.7 Å². The van der Waals surface area contributed by atoms with E-state index in [1.54, 1.807) is 45.0 Å². The summed E-state index contributed by atoms with van der Waals surface area (Å²) in [6, 6.07) is 12.3. The second-order valence-electron chi connectivity index (χ2n) is 9.15. The molecule has 190 valence electrons. The Labute approximate surface area is 216 Å². The largest absolute Gasteiger partial charge is 0.598 e. The molecular weight excluding hydrogens is 562 g/mol. The first kappa shape index (κ1) is 26.6. The summed E-state index contributed by atoms with van der Waals surface area (Å²) in [5.41, 5.74) is 0.786. The van der Waals surface area contributed by atoms with Crippen molar-refractivity contribution in [2.45, 2.75) is 44.2 Å². The maximum atomic E-state index is 14.6. The van der Waals surface area contributed by atoms with E-state index >= 15 is 0 Å². The summed E-state index contributed by atoms with van der Waals surface area (Å²) in [6.07, 6.45) is -4.47. The van der Waals surface area contributed by atoms with Crippen LogP contribution >= 0.6 is 15.9 Å². The number of hydrogen-bond acceptors (Lipinski definition) is 5. The summed E-state index contributed by atoms with van der Waals surface area (Å²) in [6.45, 7) is 5.42. The van der Waals surface area contributed by atoms with Gasteiger partial charge in [-0.05, 0) is 72.6 Å². The Morgan fingerprint density at radius 2 is 1.81 bits per heavy atom. The van der Waals surface area contributed by atoms with Crippen molar-refractivity contribution in [3.05, 3.63) is 81.8 Å². The average Bonchev–Trinajstić information content (AvgIpc) is 3.23. The summed E-state index contributed by atoms with van der Waals surface area (Å²) in [5.74, 6) is -0.518. The van der Waals surface area contributed by atoms with E-state index in [1.165, 1.54) is 18.2 Å². The maximum Gasteiger partial charge on any atom is 0.416 e. The van der Waals surface area contributed by atoms with Crippen LogP contribution in [0.4, 0.5) is 17.6 Å². The number of alkyl halides is 3. The summed E-state index contributed by atoms with van der Waals surface area (Å²) in [4.78, 5) is 4.24. The van der Waals surface area contributed by atoms with Gasteiger partial charge in [-0.25, -0.2) is 9.37 Å². The van der Waals surface area contributed by atoms with Crippen LogP contribution in [-0.2, 0) is 24.0 Å². The highest BCUT2D eigenvalue weighted by Crippen LogP contribution is 2.38. The Bertz CT molecular complexity index is 1390. The third-order valence-corrected chi connectivity index (χ3v) is 7.53. The second-order valence-corrected chi connectivity index (χ2v) is 12.0. The van der Waals surface area contributed by atoms with E-state index in [0.717, 1.165) is 12.1 Å². The zero-order valence-corrected chi connectivity index (χ0v) is 21.9. The van der Waals surface area contributed by atoms with Crippen molar-refractivity contribution in [2.75, 3.05) is 0 Å². The predicted octanol–water partition coefficient (Wildman–Crippen LogP) is 7.15. The van der Waals surface area contributed by atoms with Crippen LogP contribution in [0.2, 0.25) is 0 Å². The molecule has 0 spiro atoms. The lowest BCUT2D eigenvalue weighted by atomic mass is 9.94. The monoisotopic (exact) mass is 583 g/mol. The summed E-state index contributed by atoms with van der Waals surface area (Å²) >= 11 is 1.73. The number of hydrogen-bond donors (Lipinski definition) is 1. The van der Waals surface area contributed by atoms with E-state index in [4.69, 9.17) is 4.52 Å². The van der Waals surface area contributed by atoms with Crippen LogP contribution in [0.5, 0.6) is 0 Å². The van der Waals surface area contributed by atoms with E-state index in [0.29, 0.717) is 26.8 Å². The lowest BCUT2D eigenvalue weighted by Gasteiger charge is -2.29. The topological polar surface area (TPSA) is 74.0 Å². The SMILES string of the molecule is CC(C)(C)[S+]([O-])NC(Cc1nc(Br)ccc1F)c1ccccc1-c1noc2cc(C(F)(F)F)ccc12. The van der Waals surface area contributed by atoms with Crippen LogP contribution in [0, 0.1) is 5.82 Å². The van der Waals surface area contributed by atoms with E-state index in [9.17, 15) is 22.1 Å². The van der Waals surface area contributed by atoms with Crippen LogP contribution in [0.15, 0.2) is 63.7 Å². The molecule has 0 bridgehead atoms. The Morgan fingerprint density at radius 3 is 2.50 bits per heavy atom. The lowest BCUT2D eigenvalue weighted by molar-refractivity contribution is -0.137. The minimum atomic E-state index is -4.52. The normalized spacial score (nSPS) is 14.2. The van der Waals surface area contributed by atoms with Crippen LogP contribution in [0.3, 0.4) is 0 Å². The minimum Gasteiger partial charge on any atom is -0.598 e. The molecule has 0 aliphatic rings. The molecule has 0 aliphatic heterocycles. The van der Waals surface area contributed by atoms with Gasteiger partial charge in [0.05, 0.1) is 17.3 Å². The van der Waals surface area contributed by atoms with E-state index in [2.05, 4.69) is 30.8 Å². The molecule has 1 N–H and O–H groups in total. The van der Waals surface area contributed by atoms with Crippen LogP contribution in [0.25, 0.3) is 22.2 Å². The van der Waals surface area contributed by atoms with Gasteiger partial charge in [0.25, 0.3) is 0 Å². The Kier molecular flexibility index (Phi) is 7.47. The van der Waals surface area contributed by atoms with Gasteiger partial charge in [-0.2, -0.15) is 13.2 Å². The third kappa shape index (κ3) is 5.74. The molecule has 2 aromatic carbocycles. The van der Waals surface area contributed by atoms with Crippen molar-refractivity contribution in [1.82, 2.24) is 14.9 Å². The van der Waals surface area contributed by atoms with Gasteiger partial charge in [-0.3, -0.25) is 0 Å². The molecule has 2 atom stereocenters. The maximum absolute atomic E-state index is 14.6. The number of aromatic nitrogens is 2. The number of fused-ring (bicyclic) bond motifs is 1. The zero-order chi connectivity index (χ0) is 26.3. The van der Waals surface area contributed by atoms with Gasteiger partial charge in [0.15, 0.2) is 5.58 Å². The first-order valence-corrected chi connectivity index (χ1v) is 12.8. The fourth-order valence-corrected chi connectivity index (χ4v) is 4.81. The first-order chi connectivity index (χ1) is 16.8. The first-order valence-electron chi connectivity index (χ1n) is 10.9. The molecule has 0 aliphatic carbocycles. The van der Waals surface area contributed by atoms with Crippen molar-refractivity contribution in [3.63, 3.8) is 0 Å². The van der Waals surface area contributed by atoms with Crippen molar-refractivity contribution in [2.24, 2.45) is 0 Å². The van der Waals surface area contributed by atoms with Crippen molar-refractivity contribution >= 4 is 38.3 Å². The molecule has 5 nitrogen and oxygen atoms in total. The standard InChI is InChI=1S/C25H22BrF4N3O2S/c1-24(2,3)36(34)33-19(13-20-18(27)10-11-22(26)31-20)15-6-4-5-7-16(15)23-17-9-8-14(25(28,29)30)12-21(17)35-32-23/h4-12,19,33H,13H2,1-3H3. The molecule has 0 saturated heterocycles. The van der Waals surface area contributed by atoms with Gasteiger partial charge in [0.1, 0.15) is 20.9 Å². The lowest BCUT2D eigenvalue weighted by Crippen LogP contribution is -2.42. The van der Waals surface area contributed by atoms with Crippen molar-refractivity contribution in [1.29, 1.82) is 0 Å². The van der Waals surface area contributed by atoms with Crippen LogP contribution < -0.4 is 4.72 Å². The number of benzene rings is 2. The van der Waals surface area contributed by atoms with Gasteiger partial charge in [0.2, 0.25) is 0 Å². The average molecular weight is 584 g/mol. The number of rotatable bonds is 6. The third-order valence-electron chi connectivity index (χ3n) is 5.48. The molecule has 0 amide bonds. The molecule has 4 rings (SSSR count). The summed E-state index contributed by atoms with van der Waals surface area (Å²) in [5, 5.41) is 4.44. The molecular formula is C25H22BrF4N3O2S. The molecule has 0 radical (unpaired) electrons. The van der Waals surface area contributed by atoms with Crippen LogP contribution in [0.1, 0.15) is 43.6 Å². The number of nitrogens with one attached hydrogen (secondary N) is 1. The van der Waals surface area contributed by atoms with Gasteiger partial charge >= 0.3 is 6.18 Å². The highest BCUT2D eigenvalue weighted by atomic mass is 79.9. The van der Waals surface area contributed by atoms with Crippen molar-refractivity contribution in [3.8, 4) is 11.3 Å². The van der Waals surface area contributed by atoms with Crippen molar-refractivity contribution < 1.29 is 26.6 Å². The Hall–Kier alpha value is -2.47. The summed E-state index contributed by atoms with van der Waals surface area (Å²) in [7, 11) is 0. The van der Waals surface area contributed by atoms with Gasteiger partial charge < -0.3 is 9.08 Å². The second kappa shape index (κ2) is 10.1. The van der Waals surface area contributed by atoms with E-state index < -0.39 is 39.7 Å². The van der Waals surface area contributed by atoms with Gasteiger partial charge in [-0.15, -0.1) is 4.72 Å². The van der Waals surface area contributed by atoms with E-state index in [1.807, 2.05) is 0 Å². The molecule has 2 aromatic heterocycles. The number of halogens is 5. The zero-order valence-electron chi connectivity index (χ0n) is 19.5. The Morgan fingerprint density at radius 1 is 1.08 bits per heavy atom. The molecule has 4 aromatic rings. The smallest absolute Gasteiger partial charge is 0.416 e. The minimum absolute atomic E-state index is 0.0166.